The molecule has 1 aliphatic carbocycles. The summed E-state index contributed by atoms with van der Waals surface area (Å²) in [6, 6.07) is 13.8. The third-order valence-electron chi connectivity index (χ3n) is 3.62. The molecule has 0 heterocycles. The number of nitrogens with zero attached hydrogens (tertiary/aromatic N) is 1. The van der Waals surface area contributed by atoms with Crippen LogP contribution in [0.4, 0.5) is 0 Å². The fraction of sp³-hybridized carbons (Fsp3) is 0.294. The minimum Gasteiger partial charge on any atom is -0.484 e. The van der Waals surface area contributed by atoms with E-state index in [-0.39, 0.29) is 12.5 Å². The minimum absolute atomic E-state index is 0.0280. The highest BCUT2D eigenvalue weighted by atomic mass is 16.5. The van der Waals surface area contributed by atoms with Crippen molar-refractivity contribution in [1.29, 1.82) is 0 Å². The number of ether oxygens (including phenoxy) is 1. The lowest BCUT2D eigenvalue weighted by Crippen LogP contribution is -2.25. The Balaban J connectivity index is 1.55. The molecule has 0 bridgehead atoms. The van der Waals surface area contributed by atoms with Gasteiger partial charge in [0.15, 0.2) is 6.61 Å². The van der Waals surface area contributed by atoms with Gasteiger partial charge in [-0.1, -0.05) is 30.3 Å². The van der Waals surface area contributed by atoms with E-state index in [1.807, 2.05) is 49.4 Å². The summed E-state index contributed by atoms with van der Waals surface area (Å²) >= 11 is 0. The SMILES string of the molecule is C/C(=N\NC(=O)COc1ccc2ccccc2c1)C1CC1. The zero-order chi connectivity index (χ0) is 14.7. The molecular weight excluding hydrogens is 264 g/mol. The van der Waals surface area contributed by atoms with E-state index in [0.29, 0.717) is 11.7 Å². The molecule has 2 aromatic rings. The number of benzene rings is 2. The zero-order valence-electron chi connectivity index (χ0n) is 12.0. The van der Waals surface area contributed by atoms with Crippen molar-refractivity contribution in [3.8, 4) is 5.75 Å². The Morgan fingerprint density at radius 3 is 2.76 bits per heavy atom. The molecule has 0 aromatic heterocycles. The van der Waals surface area contributed by atoms with Crippen LogP contribution in [0.3, 0.4) is 0 Å². The van der Waals surface area contributed by atoms with Crippen LogP contribution in [-0.4, -0.2) is 18.2 Å². The van der Waals surface area contributed by atoms with Crippen molar-refractivity contribution in [2.75, 3.05) is 6.61 Å². The van der Waals surface area contributed by atoms with Gasteiger partial charge in [0.1, 0.15) is 5.75 Å². The number of amides is 1. The van der Waals surface area contributed by atoms with Crippen molar-refractivity contribution in [3.05, 3.63) is 42.5 Å². The highest BCUT2D eigenvalue weighted by Gasteiger charge is 2.24. The Morgan fingerprint density at radius 2 is 2.00 bits per heavy atom. The van der Waals surface area contributed by atoms with Crippen molar-refractivity contribution in [2.45, 2.75) is 19.8 Å². The Kier molecular flexibility index (Phi) is 3.86. The summed E-state index contributed by atoms with van der Waals surface area (Å²) in [6.07, 6.45) is 2.36. The lowest BCUT2D eigenvalue weighted by molar-refractivity contribution is -0.123. The Labute approximate surface area is 123 Å². The van der Waals surface area contributed by atoms with Gasteiger partial charge >= 0.3 is 0 Å². The third kappa shape index (κ3) is 3.60. The van der Waals surface area contributed by atoms with Gasteiger partial charge in [-0.25, -0.2) is 5.43 Å². The molecule has 0 unspecified atom stereocenters. The number of hydrogen-bond donors (Lipinski definition) is 1. The molecule has 21 heavy (non-hydrogen) atoms. The average molecular weight is 282 g/mol. The van der Waals surface area contributed by atoms with Gasteiger partial charge in [-0.2, -0.15) is 5.10 Å². The minimum atomic E-state index is -0.233. The van der Waals surface area contributed by atoms with Crippen LogP contribution in [0.25, 0.3) is 10.8 Å². The number of hydrazone groups is 1. The van der Waals surface area contributed by atoms with Gasteiger partial charge in [0, 0.05) is 5.71 Å². The fourth-order valence-electron chi connectivity index (χ4n) is 2.18. The van der Waals surface area contributed by atoms with E-state index in [0.717, 1.165) is 16.5 Å². The van der Waals surface area contributed by atoms with Crippen LogP contribution in [-0.2, 0) is 4.79 Å². The van der Waals surface area contributed by atoms with Crippen molar-refractivity contribution in [3.63, 3.8) is 0 Å². The first-order chi connectivity index (χ1) is 10.2. The lowest BCUT2D eigenvalue weighted by Gasteiger charge is -2.06. The maximum Gasteiger partial charge on any atom is 0.277 e. The molecule has 2 aromatic carbocycles. The molecular formula is C17H18N2O2. The summed E-state index contributed by atoms with van der Waals surface area (Å²) in [6.45, 7) is 1.92. The van der Waals surface area contributed by atoms with E-state index in [1.54, 1.807) is 0 Å². The predicted octanol–water partition coefficient (Wildman–Crippen LogP) is 3.12. The molecule has 1 fully saturated rings. The first-order valence-electron chi connectivity index (χ1n) is 7.17. The van der Waals surface area contributed by atoms with Gasteiger partial charge in [0.2, 0.25) is 0 Å². The van der Waals surface area contributed by atoms with Crippen LogP contribution < -0.4 is 10.2 Å². The highest BCUT2D eigenvalue weighted by Crippen LogP contribution is 2.30. The average Bonchev–Trinajstić information content (AvgIpc) is 3.35. The van der Waals surface area contributed by atoms with Crippen molar-refractivity contribution >= 4 is 22.4 Å². The summed E-state index contributed by atoms with van der Waals surface area (Å²) in [7, 11) is 0. The summed E-state index contributed by atoms with van der Waals surface area (Å²) in [5.41, 5.74) is 3.53. The number of carbonyl (C=O) groups excluding carboxylic acids is 1. The maximum atomic E-state index is 11.7. The molecule has 0 atom stereocenters. The molecule has 1 aliphatic rings. The van der Waals surface area contributed by atoms with Crippen molar-refractivity contribution in [2.24, 2.45) is 11.0 Å². The fourth-order valence-corrected chi connectivity index (χ4v) is 2.18. The molecule has 1 saturated carbocycles. The molecule has 1 amide bonds. The van der Waals surface area contributed by atoms with Crippen LogP contribution in [0, 0.1) is 5.92 Å². The number of rotatable bonds is 5. The van der Waals surface area contributed by atoms with Crippen LogP contribution in [0.15, 0.2) is 47.6 Å². The normalized spacial score (nSPS) is 15.0. The number of carbonyl (C=O) groups is 1. The van der Waals surface area contributed by atoms with E-state index in [1.165, 1.54) is 12.8 Å². The predicted molar refractivity (Wildman–Crippen MR) is 83.4 cm³/mol. The quantitative estimate of drug-likeness (QED) is 0.676. The largest absolute Gasteiger partial charge is 0.484 e. The third-order valence-corrected chi connectivity index (χ3v) is 3.62. The van der Waals surface area contributed by atoms with Crippen LogP contribution in [0.5, 0.6) is 5.75 Å². The molecule has 0 radical (unpaired) electrons. The smallest absolute Gasteiger partial charge is 0.277 e. The van der Waals surface area contributed by atoms with E-state index < -0.39 is 0 Å². The van der Waals surface area contributed by atoms with E-state index in [9.17, 15) is 4.79 Å². The van der Waals surface area contributed by atoms with Crippen LogP contribution in [0.1, 0.15) is 19.8 Å². The summed E-state index contributed by atoms with van der Waals surface area (Å²) in [4.78, 5) is 11.7. The number of hydrogen-bond acceptors (Lipinski definition) is 3. The first kappa shape index (κ1) is 13.6. The van der Waals surface area contributed by atoms with E-state index in [4.69, 9.17) is 4.74 Å². The summed E-state index contributed by atoms with van der Waals surface area (Å²) in [5.74, 6) is 1.02. The summed E-state index contributed by atoms with van der Waals surface area (Å²) in [5, 5.41) is 6.33. The first-order valence-corrected chi connectivity index (χ1v) is 7.17. The van der Waals surface area contributed by atoms with Crippen LogP contribution >= 0.6 is 0 Å². The Bertz CT molecular complexity index is 690. The molecule has 0 saturated heterocycles. The van der Waals surface area contributed by atoms with E-state index >= 15 is 0 Å². The topological polar surface area (TPSA) is 50.7 Å². The van der Waals surface area contributed by atoms with Crippen molar-refractivity contribution < 1.29 is 9.53 Å². The monoisotopic (exact) mass is 282 g/mol. The molecule has 4 nitrogen and oxygen atoms in total. The van der Waals surface area contributed by atoms with Gasteiger partial charge < -0.3 is 4.74 Å². The van der Waals surface area contributed by atoms with E-state index in [2.05, 4.69) is 10.5 Å². The number of nitrogens with one attached hydrogen (secondary N) is 1. The zero-order valence-corrected chi connectivity index (χ0v) is 12.0. The Morgan fingerprint density at radius 1 is 1.24 bits per heavy atom. The molecule has 108 valence electrons. The standard InChI is InChI=1S/C17H18N2O2/c1-12(13-6-7-13)18-19-17(20)11-21-16-9-8-14-4-2-3-5-15(14)10-16/h2-5,8-10,13H,6-7,11H2,1H3,(H,19,20)/b18-12+. The second kappa shape index (κ2) is 5.95. The van der Waals surface area contributed by atoms with Gasteiger partial charge in [0.05, 0.1) is 0 Å². The maximum absolute atomic E-state index is 11.7. The highest BCUT2D eigenvalue weighted by molar-refractivity contribution is 5.88. The van der Waals surface area contributed by atoms with Gasteiger partial charge in [0.25, 0.3) is 5.91 Å². The second-order valence-corrected chi connectivity index (χ2v) is 5.36. The molecule has 0 aliphatic heterocycles. The second-order valence-electron chi connectivity index (χ2n) is 5.36. The Hall–Kier alpha value is -2.36. The lowest BCUT2D eigenvalue weighted by atomic mass is 10.1. The van der Waals surface area contributed by atoms with Crippen LogP contribution in [0.2, 0.25) is 0 Å². The number of fused-ring (bicyclic) bond motifs is 1. The summed E-state index contributed by atoms with van der Waals surface area (Å²) < 4.78 is 5.50. The molecule has 3 rings (SSSR count). The molecule has 0 spiro atoms. The van der Waals surface area contributed by atoms with Gasteiger partial charge in [-0.3, -0.25) is 4.79 Å². The van der Waals surface area contributed by atoms with Gasteiger partial charge in [-0.05, 0) is 48.6 Å². The van der Waals surface area contributed by atoms with Crippen molar-refractivity contribution in [1.82, 2.24) is 5.43 Å². The van der Waals surface area contributed by atoms with Gasteiger partial charge in [-0.15, -0.1) is 0 Å². The molecule has 4 heteroatoms. The molecule has 1 N–H and O–H groups in total.